The van der Waals surface area contributed by atoms with Crippen LogP contribution < -0.4 is 5.32 Å². The third-order valence-corrected chi connectivity index (χ3v) is 4.11. The maximum absolute atomic E-state index is 12.3. The van der Waals surface area contributed by atoms with E-state index >= 15 is 0 Å². The molecule has 1 N–H and O–H groups in total. The third-order valence-electron chi connectivity index (χ3n) is 3.41. The number of nitrogens with one attached hydrogen (secondary N) is 1. The van der Waals surface area contributed by atoms with Crippen LogP contribution >= 0.6 is 11.3 Å². The minimum absolute atomic E-state index is 0.0497. The van der Waals surface area contributed by atoms with Crippen LogP contribution in [0, 0.1) is 0 Å². The van der Waals surface area contributed by atoms with E-state index in [9.17, 15) is 4.79 Å². The third kappa shape index (κ3) is 1.66. The van der Waals surface area contributed by atoms with E-state index in [2.05, 4.69) is 29.1 Å². The van der Waals surface area contributed by atoms with Gasteiger partial charge < -0.3 is 4.90 Å². The van der Waals surface area contributed by atoms with Gasteiger partial charge in [-0.1, -0.05) is 6.92 Å². The highest BCUT2D eigenvalue weighted by Gasteiger charge is 2.46. The monoisotopic (exact) mass is 238 g/mol. The van der Waals surface area contributed by atoms with Gasteiger partial charge in [-0.15, -0.1) is 0 Å². The highest BCUT2D eigenvalue weighted by molar-refractivity contribution is 7.07. The number of thiophene rings is 1. The Morgan fingerprint density at radius 3 is 2.81 bits per heavy atom. The minimum atomic E-state index is -0.400. The molecule has 16 heavy (non-hydrogen) atoms. The van der Waals surface area contributed by atoms with E-state index < -0.39 is 5.54 Å². The fourth-order valence-electron chi connectivity index (χ4n) is 2.15. The van der Waals surface area contributed by atoms with Crippen LogP contribution in [-0.4, -0.2) is 22.9 Å². The van der Waals surface area contributed by atoms with E-state index in [0.29, 0.717) is 0 Å². The SMILES string of the molecule is CCN1C(=O)C(C)(CC)NC1c1ccsc1. The molecule has 2 unspecified atom stereocenters. The summed E-state index contributed by atoms with van der Waals surface area (Å²) >= 11 is 1.67. The van der Waals surface area contributed by atoms with Crippen molar-refractivity contribution in [1.82, 2.24) is 10.2 Å². The molecule has 0 aliphatic carbocycles. The number of rotatable bonds is 3. The highest BCUT2D eigenvalue weighted by Crippen LogP contribution is 2.32. The van der Waals surface area contributed by atoms with E-state index in [0.717, 1.165) is 13.0 Å². The second-order valence-electron chi connectivity index (χ2n) is 4.38. The van der Waals surface area contributed by atoms with Crippen molar-refractivity contribution in [2.24, 2.45) is 0 Å². The Balaban J connectivity index is 2.31. The topological polar surface area (TPSA) is 32.3 Å². The highest BCUT2D eigenvalue weighted by atomic mass is 32.1. The van der Waals surface area contributed by atoms with Crippen LogP contribution in [0.2, 0.25) is 0 Å². The molecule has 1 aliphatic rings. The largest absolute Gasteiger partial charge is 0.322 e. The number of amides is 1. The standard InChI is InChI=1S/C12H18N2OS/c1-4-12(3)11(15)14(5-2)10(13-12)9-6-7-16-8-9/h6-8,10,13H,4-5H2,1-3H3. The first-order chi connectivity index (χ1) is 7.62. The van der Waals surface area contributed by atoms with Crippen molar-refractivity contribution in [3.05, 3.63) is 22.4 Å². The average Bonchev–Trinajstić information content (AvgIpc) is 2.88. The van der Waals surface area contributed by atoms with Gasteiger partial charge in [-0.3, -0.25) is 10.1 Å². The van der Waals surface area contributed by atoms with Gasteiger partial charge in [0, 0.05) is 6.54 Å². The quantitative estimate of drug-likeness (QED) is 0.877. The Bertz CT molecular complexity index is 376. The van der Waals surface area contributed by atoms with Crippen molar-refractivity contribution in [3.63, 3.8) is 0 Å². The van der Waals surface area contributed by atoms with Crippen LogP contribution in [0.3, 0.4) is 0 Å². The van der Waals surface area contributed by atoms with Crippen molar-refractivity contribution >= 4 is 17.2 Å². The Kier molecular flexibility index (Phi) is 3.04. The van der Waals surface area contributed by atoms with Gasteiger partial charge >= 0.3 is 0 Å². The van der Waals surface area contributed by atoms with Crippen molar-refractivity contribution in [2.75, 3.05) is 6.54 Å². The Hall–Kier alpha value is -0.870. The van der Waals surface area contributed by atoms with E-state index in [1.54, 1.807) is 11.3 Å². The first kappa shape index (κ1) is 11.6. The lowest BCUT2D eigenvalue weighted by Gasteiger charge is -2.21. The fourth-order valence-corrected chi connectivity index (χ4v) is 2.83. The molecule has 1 amide bonds. The molecule has 0 spiro atoms. The van der Waals surface area contributed by atoms with Gasteiger partial charge in [-0.25, -0.2) is 0 Å². The summed E-state index contributed by atoms with van der Waals surface area (Å²) in [6.07, 6.45) is 0.872. The number of nitrogens with zero attached hydrogens (tertiary/aromatic N) is 1. The average molecular weight is 238 g/mol. The maximum Gasteiger partial charge on any atom is 0.244 e. The molecule has 0 saturated carbocycles. The molecule has 2 rings (SSSR count). The molecule has 2 heterocycles. The molecule has 88 valence electrons. The van der Waals surface area contributed by atoms with E-state index in [4.69, 9.17) is 0 Å². The first-order valence-electron chi connectivity index (χ1n) is 5.73. The summed E-state index contributed by atoms with van der Waals surface area (Å²) < 4.78 is 0. The van der Waals surface area contributed by atoms with Gasteiger partial charge in [-0.05, 0) is 42.7 Å². The lowest BCUT2D eigenvalue weighted by molar-refractivity contribution is -0.132. The Labute approximate surface area is 100 Å². The lowest BCUT2D eigenvalue weighted by atomic mass is 9.99. The van der Waals surface area contributed by atoms with Gasteiger partial charge in [-0.2, -0.15) is 11.3 Å². The van der Waals surface area contributed by atoms with Crippen LogP contribution in [-0.2, 0) is 4.79 Å². The Morgan fingerprint density at radius 2 is 2.31 bits per heavy atom. The number of hydrogen-bond donors (Lipinski definition) is 1. The van der Waals surface area contributed by atoms with Crippen molar-refractivity contribution in [3.8, 4) is 0 Å². The van der Waals surface area contributed by atoms with E-state index in [1.165, 1.54) is 5.56 Å². The Morgan fingerprint density at radius 1 is 1.56 bits per heavy atom. The minimum Gasteiger partial charge on any atom is -0.322 e. The van der Waals surface area contributed by atoms with Crippen LogP contribution in [0.25, 0.3) is 0 Å². The molecule has 4 heteroatoms. The number of hydrogen-bond acceptors (Lipinski definition) is 3. The molecule has 1 aliphatic heterocycles. The van der Waals surface area contributed by atoms with Gasteiger partial charge in [0.15, 0.2) is 0 Å². The zero-order valence-corrected chi connectivity index (χ0v) is 10.8. The smallest absolute Gasteiger partial charge is 0.244 e. The molecule has 3 nitrogen and oxygen atoms in total. The van der Waals surface area contributed by atoms with Gasteiger partial charge in [0.05, 0.1) is 5.54 Å². The van der Waals surface area contributed by atoms with Crippen LogP contribution in [0.4, 0.5) is 0 Å². The van der Waals surface area contributed by atoms with Gasteiger partial charge in [0.2, 0.25) is 5.91 Å². The van der Waals surface area contributed by atoms with Crippen LogP contribution in [0.15, 0.2) is 16.8 Å². The van der Waals surface area contributed by atoms with Crippen molar-refractivity contribution in [2.45, 2.75) is 38.9 Å². The molecule has 2 atom stereocenters. The molecule has 1 saturated heterocycles. The molecule has 1 aromatic heterocycles. The normalized spacial score (nSPS) is 30.1. The summed E-state index contributed by atoms with van der Waals surface area (Å²) in [5.41, 5.74) is 0.792. The predicted octanol–water partition coefficient (Wildman–Crippen LogP) is 2.37. The second kappa shape index (κ2) is 4.18. The number of carbonyl (C=O) groups is 1. The first-order valence-corrected chi connectivity index (χ1v) is 6.67. The molecule has 1 fully saturated rings. The molecule has 0 bridgehead atoms. The molecular weight excluding hydrogens is 220 g/mol. The predicted molar refractivity (Wildman–Crippen MR) is 66.3 cm³/mol. The summed E-state index contributed by atoms with van der Waals surface area (Å²) in [5.74, 6) is 0.216. The fraction of sp³-hybridized carbons (Fsp3) is 0.583. The summed E-state index contributed by atoms with van der Waals surface area (Å²) in [4.78, 5) is 14.2. The van der Waals surface area contributed by atoms with Crippen LogP contribution in [0.5, 0.6) is 0 Å². The summed E-state index contributed by atoms with van der Waals surface area (Å²) in [6.45, 7) is 6.82. The number of likely N-dealkylation sites (N-methyl/N-ethyl adjacent to an activating group) is 1. The van der Waals surface area contributed by atoms with E-state index in [1.807, 2.05) is 18.7 Å². The zero-order valence-electron chi connectivity index (χ0n) is 9.99. The summed E-state index contributed by atoms with van der Waals surface area (Å²) in [7, 11) is 0. The maximum atomic E-state index is 12.3. The van der Waals surface area contributed by atoms with Crippen molar-refractivity contribution in [1.29, 1.82) is 0 Å². The van der Waals surface area contributed by atoms with Gasteiger partial charge in [0.25, 0.3) is 0 Å². The van der Waals surface area contributed by atoms with Gasteiger partial charge in [0.1, 0.15) is 6.17 Å². The van der Waals surface area contributed by atoms with Crippen molar-refractivity contribution < 1.29 is 4.79 Å². The second-order valence-corrected chi connectivity index (χ2v) is 5.16. The van der Waals surface area contributed by atoms with Crippen LogP contribution in [0.1, 0.15) is 38.9 Å². The summed E-state index contributed by atoms with van der Waals surface area (Å²) in [5, 5.41) is 7.61. The lowest BCUT2D eigenvalue weighted by Crippen LogP contribution is -2.42. The summed E-state index contributed by atoms with van der Waals surface area (Å²) in [6, 6.07) is 2.08. The molecule has 0 radical (unpaired) electrons. The molecule has 1 aromatic rings. The number of carbonyl (C=O) groups excluding carboxylic acids is 1. The molecular formula is C12H18N2OS. The van der Waals surface area contributed by atoms with E-state index in [-0.39, 0.29) is 12.1 Å². The molecule has 0 aromatic carbocycles. The zero-order chi connectivity index (χ0) is 11.8.